The van der Waals surface area contributed by atoms with Gasteiger partial charge in [0.25, 0.3) is 0 Å². The average Bonchev–Trinajstić information content (AvgIpc) is 2.51. The van der Waals surface area contributed by atoms with Gasteiger partial charge in [0.1, 0.15) is 30.8 Å². The number of ether oxygens (including phenoxy) is 2. The van der Waals surface area contributed by atoms with Crippen LogP contribution in [0.1, 0.15) is 22.3 Å². The Hall–Kier alpha value is -1.99. The Bertz CT molecular complexity index is 720. The molecule has 3 nitrogen and oxygen atoms in total. The first-order valence-electron chi connectivity index (χ1n) is 7.05. The molecular formula is C18H18BrNO2. The van der Waals surface area contributed by atoms with Gasteiger partial charge in [-0.3, -0.25) is 0 Å². The van der Waals surface area contributed by atoms with Crippen LogP contribution in [-0.2, 0) is 0 Å². The minimum Gasteiger partial charge on any atom is -0.489 e. The minimum atomic E-state index is 0.392. The van der Waals surface area contributed by atoms with Gasteiger partial charge < -0.3 is 9.47 Å². The lowest BCUT2D eigenvalue weighted by Crippen LogP contribution is -2.11. The topological polar surface area (TPSA) is 42.2 Å². The molecule has 22 heavy (non-hydrogen) atoms. The molecule has 4 heteroatoms. The van der Waals surface area contributed by atoms with Crippen LogP contribution < -0.4 is 9.47 Å². The number of nitrogens with zero attached hydrogens (tertiary/aromatic N) is 1. The minimum absolute atomic E-state index is 0.392. The maximum atomic E-state index is 9.10. The van der Waals surface area contributed by atoms with Crippen LogP contribution in [0.4, 0.5) is 0 Å². The molecule has 0 saturated carbocycles. The number of nitriles is 1. The van der Waals surface area contributed by atoms with Crippen LogP contribution >= 0.6 is 15.9 Å². The summed E-state index contributed by atoms with van der Waals surface area (Å²) in [5.41, 5.74) is 3.99. The first-order valence-corrected chi connectivity index (χ1v) is 7.84. The number of hydrogen-bond donors (Lipinski definition) is 0. The smallest absolute Gasteiger partial charge is 0.137 e. The van der Waals surface area contributed by atoms with E-state index in [1.807, 2.05) is 13.0 Å². The lowest BCUT2D eigenvalue weighted by molar-refractivity contribution is 0.215. The van der Waals surface area contributed by atoms with E-state index in [0.717, 1.165) is 21.3 Å². The SMILES string of the molecule is Cc1ccc(C)c(OCCOc2ccc(Br)cc2C#N)c1C. The summed E-state index contributed by atoms with van der Waals surface area (Å²) in [6.07, 6.45) is 0. The molecule has 0 aliphatic rings. The summed E-state index contributed by atoms with van der Waals surface area (Å²) in [5, 5.41) is 9.10. The fourth-order valence-electron chi connectivity index (χ4n) is 2.16. The van der Waals surface area contributed by atoms with E-state index in [0.29, 0.717) is 24.5 Å². The van der Waals surface area contributed by atoms with Crippen LogP contribution in [0.25, 0.3) is 0 Å². The fourth-order valence-corrected chi connectivity index (χ4v) is 2.52. The summed E-state index contributed by atoms with van der Waals surface area (Å²) < 4.78 is 12.4. The third kappa shape index (κ3) is 3.80. The van der Waals surface area contributed by atoms with E-state index in [9.17, 15) is 0 Å². The van der Waals surface area contributed by atoms with Crippen molar-refractivity contribution in [1.29, 1.82) is 5.26 Å². The van der Waals surface area contributed by atoms with Gasteiger partial charge in [-0.25, -0.2) is 0 Å². The predicted octanol–water partition coefficient (Wildman–Crippen LogP) is 4.70. The van der Waals surface area contributed by atoms with Gasteiger partial charge in [-0.05, 0) is 55.7 Å². The molecule has 0 bridgehead atoms. The standard InChI is InChI=1S/C18H18BrNO2/c1-12-4-5-13(2)18(14(12)3)22-9-8-21-17-7-6-16(19)10-15(17)11-20/h4-7,10H,8-9H2,1-3H3. The van der Waals surface area contributed by atoms with E-state index in [2.05, 4.69) is 48.0 Å². The quantitative estimate of drug-likeness (QED) is 0.726. The van der Waals surface area contributed by atoms with Crippen LogP contribution in [0.15, 0.2) is 34.8 Å². The van der Waals surface area contributed by atoms with Gasteiger partial charge in [0.05, 0.1) is 5.56 Å². The Morgan fingerprint density at radius 1 is 1.00 bits per heavy atom. The van der Waals surface area contributed by atoms with Crippen molar-refractivity contribution in [1.82, 2.24) is 0 Å². The van der Waals surface area contributed by atoms with Gasteiger partial charge in [0.2, 0.25) is 0 Å². The Balaban J connectivity index is 1.96. The van der Waals surface area contributed by atoms with Crippen LogP contribution in [0.3, 0.4) is 0 Å². The zero-order valence-electron chi connectivity index (χ0n) is 12.9. The summed E-state index contributed by atoms with van der Waals surface area (Å²) >= 11 is 3.34. The van der Waals surface area contributed by atoms with E-state index < -0.39 is 0 Å². The Labute approximate surface area is 139 Å². The van der Waals surface area contributed by atoms with Gasteiger partial charge in [-0.1, -0.05) is 28.1 Å². The molecule has 0 amide bonds. The summed E-state index contributed by atoms with van der Waals surface area (Å²) in [4.78, 5) is 0. The Morgan fingerprint density at radius 2 is 1.68 bits per heavy atom. The van der Waals surface area contributed by atoms with Crippen LogP contribution in [0, 0.1) is 32.1 Å². The zero-order chi connectivity index (χ0) is 16.1. The molecule has 114 valence electrons. The Morgan fingerprint density at radius 3 is 2.41 bits per heavy atom. The Kier molecular flexibility index (Phi) is 5.46. The highest BCUT2D eigenvalue weighted by Gasteiger charge is 2.07. The second kappa shape index (κ2) is 7.33. The summed E-state index contributed by atoms with van der Waals surface area (Å²) in [7, 11) is 0. The molecule has 2 rings (SSSR count). The van der Waals surface area contributed by atoms with E-state index in [1.165, 1.54) is 5.56 Å². The molecule has 0 saturated heterocycles. The molecule has 0 atom stereocenters. The second-order valence-corrected chi connectivity index (χ2v) is 6.02. The molecular weight excluding hydrogens is 342 g/mol. The van der Waals surface area contributed by atoms with Crippen molar-refractivity contribution in [2.45, 2.75) is 20.8 Å². The van der Waals surface area contributed by atoms with Gasteiger partial charge in [0, 0.05) is 4.47 Å². The van der Waals surface area contributed by atoms with Crippen LogP contribution in [0.5, 0.6) is 11.5 Å². The normalized spacial score (nSPS) is 10.1. The molecule has 2 aromatic carbocycles. The van der Waals surface area contributed by atoms with E-state index in [-0.39, 0.29) is 0 Å². The summed E-state index contributed by atoms with van der Waals surface area (Å²) in [6, 6.07) is 11.7. The highest BCUT2D eigenvalue weighted by atomic mass is 79.9. The molecule has 0 aliphatic carbocycles. The molecule has 0 fully saturated rings. The molecule has 0 aromatic heterocycles. The van der Waals surface area contributed by atoms with Crippen molar-refractivity contribution in [2.24, 2.45) is 0 Å². The molecule has 0 unspecified atom stereocenters. The van der Waals surface area contributed by atoms with Gasteiger partial charge in [0.15, 0.2) is 0 Å². The first kappa shape index (κ1) is 16.4. The lowest BCUT2D eigenvalue weighted by Gasteiger charge is -2.14. The van der Waals surface area contributed by atoms with E-state index >= 15 is 0 Å². The monoisotopic (exact) mass is 359 g/mol. The maximum absolute atomic E-state index is 9.10. The van der Waals surface area contributed by atoms with Crippen LogP contribution in [0.2, 0.25) is 0 Å². The maximum Gasteiger partial charge on any atom is 0.137 e. The number of aryl methyl sites for hydroxylation is 2. The summed E-state index contributed by atoms with van der Waals surface area (Å²) in [6.45, 7) is 6.99. The first-order chi connectivity index (χ1) is 10.5. The third-order valence-corrected chi connectivity index (χ3v) is 4.02. The van der Waals surface area contributed by atoms with Gasteiger partial charge >= 0.3 is 0 Å². The number of halogens is 1. The number of rotatable bonds is 5. The molecule has 2 aromatic rings. The van der Waals surface area contributed by atoms with E-state index in [4.69, 9.17) is 14.7 Å². The molecule has 0 radical (unpaired) electrons. The second-order valence-electron chi connectivity index (χ2n) is 5.10. The van der Waals surface area contributed by atoms with Crippen LogP contribution in [-0.4, -0.2) is 13.2 Å². The van der Waals surface area contributed by atoms with Gasteiger partial charge in [-0.2, -0.15) is 5.26 Å². The molecule has 0 aliphatic heterocycles. The lowest BCUT2D eigenvalue weighted by atomic mass is 10.1. The highest BCUT2D eigenvalue weighted by Crippen LogP contribution is 2.26. The van der Waals surface area contributed by atoms with Crippen molar-refractivity contribution >= 4 is 15.9 Å². The third-order valence-electron chi connectivity index (χ3n) is 3.52. The largest absolute Gasteiger partial charge is 0.489 e. The predicted molar refractivity (Wildman–Crippen MR) is 90.5 cm³/mol. The molecule has 0 spiro atoms. The van der Waals surface area contributed by atoms with Crippen molar-refractivity contribution in [3.05, 3.63) is 57.1 Å². The zero-order valence-corrected chi connectivity index (χ0v) is 14.5. The molecule has 0 N–H and O–H groups in total. The van der Waals surface area contributed by atoms with Gasteiger partial charge in [-0.15, -0.1) is 0 Å². The highest BCUT2D eigenvalue weighted by molar-refractivity contribution is 9.10. The average molecular weight is 360 g/mol. The van der Waals surface area contributed by atoms with Crippen molar-refractivity contribution in [3.8, 4) is 17.6 Å². The molecule has 0 heterocycles. The van der Waals surface area contributed by atoms with Crippen molar-refractivity contribution < 1.29 is 9.47 Å². The number of hydrogen-bond acceptors (Lipinski definition) is 3. The fraction of sp³-hybridized carbons (Fsp3) is 0.278. The van der Waals surface area contributed by atoms with Crippen molar-refractivity contribution in [2.75, 3.05) is 13.2 Å². The van der Waals surface area contributed by atoms with E-state index in [1.54, 1.807) is 12.1 Å². The number of benzene rings is 2. The summed E-state index contributed by atoms with van der Waals surface area (Å²) in [5.74, 6) is 1.49. The van der Waals surface area contributed by atoms with Crippen molar-refractivity contribution in [3.63, 3.8) is 0 Å².